The SMILES string of the molecule is C=CCc1cc(C=Nn2c(-c3ccccc3)nc3ccccc3c2=O)cc(OCC)c1OC. The number of aromatic nitrogens is 2. The molecular weight excluding hydrogens is 414 g/mol. The smallest absolute Gasteiger partial charge is 0.282 e. The molecular formula is C27H25N3O3. The van der Waals surface area contributed by atoms with E-state index in [1.54, 1.807) is 25.5 Å². The molecule has 0 aliphatic rings. The highest BCUT2D eigenvalue weighted by Gasteiger charge is 2.14. The van der Waals surface area contributed by atoms with Crippen LogP contribution < -0.4 is 15.0 Å². The van der Waals surface area contributed by atoms with Crippen molar-refractivity contribution in [2.75, 3.05) is 13.7 Å². The van der Waals surface area contributed by atoms with Crippen molar-refractivity contribution in [3.8, 4) is 22.9 Å². The first-order chi connectivity index (χ1) is 16.2. The predicted octanol–water partition coefficient (Wildman–Crippen LogP) is 5.08. The van der Waals surface area contributed by atoms with Gasteiger partial charge in [0.1, 0.15) is 0 Å². The molecule has 166 valence electrons. The Morgan fingerprint density at radius 3 is 2.58 bits per heavy atom. The van der Waals surface area contributed by atoms with Crippen LogP contribution in [-0.4, -0.2) is 29.6 Å². The first kappa shape index (κ1) is 22.0. The summed E-state index contributed by atoms with van der Waals surface area (Å²) in [6.45, 7) is 6.25. The molecule has 0 radical (unpaired) electrons. The molecule has 6 heteroatoms. The maximum absolute atomic E-state index is 13.3. The zero-order chi connectivity index (χ0) is 23.2. The largest absolute Gasteiger partial charge is 0.493 e. The molecule has 0 bridgehead atoms. The molecule has 0 aliphatic heterocycles. The average molecular weight is 440 g/mol. The van der Waals surface area contributed by atoms with Crippen LogP contribution in [0.2, 0.25) is 0 Å². The summed E-state index contributed by atoms with van der Waals surface area (Å²) in [6.07, 6.45) is 4.05. The zero-order valence-corrected chi connectivity index (χ0v) is 18.7. The molecule has 0 saturated heterocycles. The van der Waals surface area contributed by atoms with Crippen LogP contribution in [0.25, 0.3) is 22.3 Å². The van der Waals surface area contributed by atoms with E-state index >= 15 is 0 Å². The summed E-state index contributed by atoms with van der Waals surface area (Å²) < 4.78 is 12.7. The highest BCUT2D eigenvalue weighted by Crippen LogP contribution is 2.33. The Bertz CT molecular complexity index is 1380. The molecule has 0 fully saturated rings. The molecule has 33 heavy (non-hydrogen) atoms. The van der Waals surface area contributed by atoms with Crippen molar-refractivity contribution in [1.82, 2.24) is 9.66 Å². The third-order valence-corrected chi connectivity index (χ3v) is 5.13. The van der Waals surface area contributed by atoms with Crippen LogP contribution in [0.1, 0.15) is 18.1 Å². The maximum Gasteiger partial charge on any atom is 0.282 e. The molecule has 1 heterocycles. The van der Waals surface area contributed by atoms with Crippen molar-refractivity contribution in [2.45, 2.75) is 13.3 Å². The van der Waals surface area contributed by atoms with E-state index in [-0.39, 0.29) is 5.56 Å². The number of ether oxygens (including phenoxy) is 2. The number of methoxy groups -OCH3 is 1. The van der Waals surface area contributed by atoms with Crippen LogP contribution >= 0.6 is 0 Å². The molecule has 0 atom stereocenters. The van der Waals surface area contributed by atoms with Gasteiger partial charge in [0.25, 0.3) is 5.56 Å². The van der Waals surface area contributed by atoms with Crippen molar-refractivity contribution in [1.29, 1.82) is 0 Å². The van der Waals surface area contributed by atoms with Crippen LogP contribution in [0.3, 0.4) is 0 Å². The molecule has 6 nitrogen and oxygen atoms in total. The fourth-order valence-electron chi connectivity index (χ4n) is 3.69. The van der Waals surface area contributed by atoms with Crippen molar-refractivity contribution < 1.29 is 9.47 Å². The molecule has 0 saturated carbocycles. The molecule has 0 unspecified atom stereocenters. The second kappa shape index (κ2) is 9.96. The number of nitrogens with zero attached hydrogens (tertiary/aromatic N) is 3. The Morgan fingerprint density at radius 2 is 1.85 bits per heavy atom. The van der Waals surface area contributed by atoms with Gasteiger partial charge in [-0.15, -0.1) is 6.58 Å². The summed E-state index contributed by atoms with van der Waals surface area (Å²) in [5.41, 5.74) is 2.89. The third kappa shape index (κ3) is 4.55. The molecule has 1 aromatic heterocycles. The minimum atomic E-state index is -0.236. The van der Waals surface area contributed by atoms with Crippen molar-refractivity contribution >= 4 is 17.1 Å². The van der Waals surface area contributed by atoms with E-state index in [1.165, 1.54) is 4.68 Å². The van der Waals surface area contributed by atoms with Gasteiger partial charge in [0.15, 0.2) is 17.3 Å². The Balaban J connectivity index is 1.88. The second-order valence-corrected chi connectivity index (χ2v) is 7.32. The van der Waals surface area contributed by atoms with Crippen molar-refractivity contribution in [3.63, 3.8) is 0 Å². The van der Waals surface area contributed by atoms with E-state index in [0.29, 0.717) is 41.3 Å². The monoisotopic (exact) mass is 439 g/mol. The van der Waals surface area contributed by atoms with Crippen LogP contribution in [0, 0.1) is 0 Å². The number of hydrogen-bond acceptors (Lipinski definition) is 5. The Labute approximate surface area is 192 Å². The maximum atomic E-state index is 13.3. The number of benzene rings is 3. The van der Waals surface area contributed by atoms with Gasteiger partial charge >= 0.3 is 0 Å². The first-order valence-electron chi connectivity index (χ1n) is 10.7. The highest BCUT2D eigenvalue weighted by molar-refractivity contribution is 5.83. The molecule has 3 aromatic carbocycles. The van der Waals surface area contributed by atoms with Crippen LogP contribution in [0.5, 0.6) is 11.5 Å². The second-order valence-electron chi connectivity index (χ2n) is 7.32. The van der Waals surface area contributed by atoms with Gasteiger partial charge in [0.2, 0.25) is 0 Å². The van der Waals surface area contributed by atoms with E-state index in [9.17, 15) is 4.79 Å². The predicted molar refractivity (Wildman–Crippen MR) is 132 cm³/mol. The average Bonchev–Trinajstić information content (AvgIpc) is 2.84. The number of para-hydroxylation sites is 1. The van der Waals surface area contributed by atoms with Gasteiger partial charge in [-0.2, -0.15) is 9.78 Å². The summed E-state index contributed by atoms with van der Waals surface area (Å²) in [5.74, 6) is 1.76. The van der Waals surface area contributed by atoms with E-state index < -0.39 is 0 Å². The van der Waals surface area contributed by atoms with E-state index in [1.807, 2.05) is 67.6 Å². The minimum absolute atomic E-state index is 0.236. The summed E-state index contributed by atoms with van der Waals surface area (Å²) in [7, 11) is 1.62. The fourth-order valence-corrected chi connectivity index (χ4v) is 3.69. The fraction of sp³-hybridized carbons (Fsp3) is 0.148. The Kier molecular flexibility index (Phi) is 6.64. The van der Waals surface area contributed by atoms with E-state index in [4.69, 9.17) is 14.5 Å². The van der Waals surface area contributed by atoms with Gasteiger partial charge < -0.3 is 9.47 Å². The Hall–Kier alpha value is -4.19. The highest BCUT2D eigenvalue weighted by atomic mass is 16.5. The van der Waals surface area contributed by atoms with Gasteiger partial charge in [-0.3, -0.25) is 4.79 Å². The lowest BCUT2D eigenvalue weighted by Crippen LogP contribution is -2.20. The molecule has 0 N–H and O–H groups in total. The van der Waals surface area contributed by atoms with E-state index in [2.05, 4.69) is 11.7 Å². The lowest BCUT2D eigenvalue weighted by Gasteiger charge is -2.14. The van der Waals surface area contributed by atoms with Crippen molar-refractivity contribution in [2.24, 2.45) is 5.10 Å². The third-order valence-electron chi connectivity index (χ3n) is 5.13. The Morgan fingerprint density at radius 1 is 1.09 bits per heavy atom. The van der Waals surface area contributed by atoms with Crippen LogP contribution in [0.15, 0.2) is 89.3 Å². The van der Waals surface area contributed by atoms with Crippen LogP contribution in [-0.2, 0) is 6.42 Å². The normalized spacial score (nSPS) is 11.1. The van der Waals surface area contributed by atoms with Crippen LogP contribution in [0.4, 0.5) is 0 Å². The zero-order valence-electron chi connectivity index (χ0n) is 18.7. The van der Waals surface area contributed by atoms with Gasteiger partial charge in [-0.25, -0.2) is 4.98 Å². The lowest BCUT2D eigenvalue weighted by atomic mass is 10.1. The molecule has 4 rings (SSSR count). The summed E-state index contributed by atoms with van der Waals surface area (Å²) >= 11 is 0. The van der Waals surface area contributed by atoms with E-state index in [0.717, 1.165) is 16.7 Å². The molecule has 0 amide bonds. The first-order valence-corrected chi connectivity index (χ1v) is 10.7. The quantitative estimate of drug-likeness (QED) is 0.284. The van der Waals surface area contributed by atoms with Gasteiger partial charge in [-0.1, -0.05) is 48.5 Å². The van der Waals surface area contributed by atoms with Crippen molar-refractivity contribution in [3.05, 3.63) is 101 Å². The number of allylic oxidation sites excluding steroid dienone is 1. The van der Waals surface area contributed by atoms with Gasteiger partial charge in [-0.05, 0) is 43.2 Å². The molecule has 4 aromatic rings. The lowest BCUT2D eigenvalue weighted by molar-refractivity contribution is 0.309. The standard InChI is InChI=1S/C27H25N3O3/c1-4-11-21-16-19(17-24(33-5-2)25(21)32-3)18-28-30-26(20-12-7-6-8-13-20)29-23-15-10-9-14-22(23)27(30)31/h4,6-10,12-18H,1,5,11H2,2-3H3. The molecule has 0 spiro atoms. The number of rotatable bonds is 8. The minimum Gasteiger partial charge on any atom is -0.493 e. The topological polar surface area (TPSA) is 65.7 Å². The molecule has 0 aliphatic carbocycles. The summed E-state index contributed by atoms with van der Waals surface area (Å²) in [6, 6.07) is 20.6. The van der Waals surface area contributed by atoms with Gasteiger partial charge in [0, 0.05) is 11.1 Å². The summed E-state index contributed by atoms with van der Waals surface area (Å²) in [5, 5.41) is 5.06. The number of fused-ring (bicyclic) bond motifs is 1. The number of hydrogen-bond donors (Lipinski definition) is 0. The van der Waals surface area contributed by atoms with Gasteiger partial charge in [0.05, 0.1) is 30.8 Å². The summed E-state index contributed by atoms with van der Waals surface area (Å²) in [4.78, 5) is 18.1.